The van der Waals surface area contributed by atoms with Crippen LogP contribution in [0.25, 0.3) is 0 Å². The Kier molecular flexibility index (Phi) is 11.0. The lowest BCUT2D eigenvalue weighted by molar-refractivity contribution is -0.140. The van der Waals surface area contributed by atoms with Crippen molar-refractivity contribution in [3.05, 3.63) is 89.4 Å². The highest BCUT2D eigenvalue weighted by molar-refractivity contribution is 7.92. The van der Waals surface area contributed by atoms with Gasteiger partial charge >= 0.3 is 0 Å². The number of para-hydroxylation sites is 1. The Labute approximate surface area is 241 Å². The first-order valence-electron chi connectivity index (χ1n) is 13.1. The fraction of sp³-hybridized carbons (Fsp3) is 0.333. The largest absolute Gasteiger partial charge is 0.457 e. The van der Waals surface area contributed by atoms with Crippen LogP contribution in [0.2, 0.25) is 5.02 Å². The molecule has 214 valence electrons. The van der Waals surface area contributed by atoms with Crippen molar-refractivity contribution in [1.82, 2.24) is 10.2 Å². The van der Waals surface area contributed by atoms with Crippen LogP contribution < -0.4 is 14.4 Å². The average molecular weight is 586 g/mol. The van der Waals surface area contributed by atoms with E-state index in [2.05, 4.69) is 5.32 Å². The molecule has 0 radical (unpaired) electrons. The monoisotopic (exact) mass is 585 g/mol. The van der Waals surface area contributed by atoms with E-state index in [9.17, 15) is 18.0 Å². The molecule has 3 rings (SSSR count). The molecule has 0 fully saturated rings. The standard InChI is InChI=1S/C30H36ClN3O5S/c1-5-28(30(36)32-19-22(2)3)33(20-23-11-13-24(31)14-12-23)29(35)21-34(40(4,37)38)25-15-17-27(18-16-25)39-26-9-7-6-8-10-26/h6-18,22,28H,5,19-21H2,1-4H3,(H,32,36). The zero-order valence-corrected chi connectivity index (χ0v) is 24.8. The summed E-state index contributed by atoms with van der Waals surface area (Å²) in [6.45, 7) is 5.90. The van der Waals surface area contributed by atoms with Gasteiger partial charge in [-0.3, -0.25) is 13.9 Å². The highest BCUT2D eigenvalue weighted by Crippen LogP contribution is 2.26. The van der Waals surface area contributed by atoms with Crippen molar-refractivity contribution < 1.29 is 22.7 Å². The lowest BCUT2D eigenvalue weighted by Crippen LogP contribution is -2.52. The molecule has 8 nitrogen and oxygen atoms in total. The number of ether oxygens (including phenoxy) is 1. The number of hydrogen-bond donors (Lipinski definition) is 1. The Morgan fingerprint density at radius 1 is 0.925 bits per heavy atom. The highest BCUT2D eigenvalue weighted by Gasteiger charge is 2.31. The molecule has 40 heavy (non-hydrogen) atoms. The third kappa shape index (κ3) is 8.99. The Hall–Kier alpha value is -3.56. The van der Waals surface area contributed by atoms with Gasteiger partial charge in [-0.15, -0.1) is 0 Å². The third-order valence-electron chi connectivity index (χ3n) is 6.12. The zero-order valence-electron chi connectivity index (χ0n) is 23.2. The minimum absolute atomic E-state index is 0.116. The topological polar surface area (TPSA) is 96.0 Å². The molecule has 3 aromatic carbocycles. The van der Waals surface area contributed by atoms with Crippen LogP contribution in [0.3, 0.4) is 0 Å². The van der Waals surface area contributed by atoms with Gasteiger partial charge in [-0.2, -0.15) is 0 Å². The number of sulfonamides is 1. The van der Waals surface area contributed by atoms with Gasteiger partial charge in [0.2, 0.25) is 21.8 Å². The Morgan fingerprint density at radius 3 is 2.08 bits per heavy atom. The van der Waals surface area contributed by atoms with Crippen molar-refractivity contribution in [1.29, 1.82) is 0 Å². The lowest BCUT2D eigenvalue weighted by atomic mass is 10.1. The van der Waals surface area contributed by atoms with Gasteiger partial charge in [-0.05, 0) is 66.4 Å². The molecule has 0 spiro atoms. The summed E-state index contributed by atoms with van der Waals surface area (Å²) in [5.41, 5.74) is 1.07. The van der Waals surface area contributed by atoms with Crippen LogP contribution in [-0.4, -0.2) is 50.5 Å². The first-order chi connectivity index (χ1) is 19.0. The molecule has 0 heterocycles. The maximum atomic E-state index is 13.8. The SMILES string of the molecule is CCC(C(=O)NCC(C)C)N(Cc1ccc(Cl)cc1)C(=O)CN(c1ccc(Oc2ccccc2)cc1)S(C)(=O)=O. The lowest BCUT2D eigenvalue weighted by Gasteiger charge is -2.33. The minimum Gasteiger partial charge on any atom is -0.457 e. The molecule has 0 aliphatic rings. The van der Waals surface area contributed by atoms with Crippen molar-refractivity contribution in [3.63, 3.8) is 0 Å². The van der Waals surface area contributed by atoms with E-state index >= 15 is 0 Å². The van der Waals surface area contributed by atoms with Crippen LogP contribution >= 0.6 is 11.6 Å². The van der Waals surface area contributed by atoms with E-state index in [1.54, 1.807) is 48.5 Å². The number of amides is 2. The van der Waals surface area contributed by atoms with E-state index < -0.39 is 28.5 Å². The number of nitrogens with zero attached hydrogens (tertiary/aromatic N) is 2. The molecule has 0 saturated carbocycles. The van der Waals surface area contributed by atoms with Gasteiger partial charge < -0.3 is 15.0 Å². The number of halogens is 1. The van der Waals surface area contributed by atoms with Crippen LogP contribution in [0, 0.1) is 5.92 Å². The number of carbonyl (C=O) groups excluding carboxylic acids is 2. The van der Waals surface area contributed by atoms with Crippen molar-refractivity contribution in [2.24, 2.45) is 5.92 Å². The molecular formula is C30H36ClN3O5S. The van der Waals surface area contributed by atoms with E-state index in [0.29, 0.717) is 35.2 Å². The van der Waals surface area contributed by atoms with Crippen molar-refractivity contribution in [3.8, 4) is 11.5 Å². The van der Waals surface area contributed by atoms with Gasteiger partial charge in [0.25, 0.3) is 0 Å². The summed E-state index contributed by atoms with van der Waals surface area (Å²) in [6.07, 6.45) is 1.40. The molecule has 1 atom stereocenters. The molecule has 1 N–H and O–H groups in total. The maximum absolute atomic E-state index is 13.8. The summed E-state index contributed by atoms with van der Waals surface area (Å²) in [4.78, 5) is 28.4. The second kappa shape index (κ2) is 14.2. The number of benzene rings is 3. The van der Waals surface area contributed by atoms with Gasteiger partial charge in [-0.1, -0.05) is 62.7 Å². The average Bonchev–Trinajstić information content (AvgIpc) is 2.92. The molecule has 0 bridgehead atoms. The second-order valence-electron chi connectivity index (χ2n) is 9.89. The number of rotatable bonds is 13. The molecule has 10 heteroatoms. The number of anilines is 1. The first-order valence-corrected chi connectivity index (χ1v) is 15.3. The van der Waals surface area contributed by atoms with Crippen LogP contribution in [0.15, 0.2) is 78.9 Å². The van der Waals surface area contributed by atoms with Crippen molar-refractivity contribution in [2.75, 3.05) is 23.7 Å². The molecule has 1 unspecified atom stereocenters. The third-order valence-corrected chi connectivity index (χ3v) is 7.51. The van der Waals surface area contributed by atoms with Gasteiger partial charge in [-0.25, -0.2) is 8.42 Å². The van der Waals surface area contributed by atoms with Gasteiger partial charge in [0.05, 0.1) is 11.9 Å². The summed E-state index contributed by atoms with van der Waals surface area (Å²) in [7, 11) is -3.84. The summed E-state index contributed by atoms with van der Waals surface area (Å²) in [5, 5.41) is 3.45. The first kappa shape index (κ1) is 31.0. The highest BCUT2D eigenvalue weighted by atomic mass is 35.5. The Morgan fingerprint density at radius 2 is 1.52 bits per heavy atom. The quantitative estimate of drug-likeness (QED) is 0.287. The fourth-order valence-corrected chi connectivity index (χ4v) is 5.02. The van der Waals surface area contributed by atoms with Gasteiger partial charge in [0, 0.05) is 18.1 Å². The molecule has 0 aromatic heterocycles. The van der Waals surface area contributed by atoms with E-state index in [0.717, 1.165) is 16.1 Å². The van der Waals surface area contributed by atoms with Crippen molar-refractivity contribution >= 4 is 39.1 Å². The number of carbonyl (C=O) groups is 2. The van der Waals surface area contributed by atoms with Crippen LogP contribution in [0.4, 0.5) is 5.69 Å². The molecule has 3 aromatic rings. The predicted molar refractivity (Wildman–Crippen MR) is 159 cm³/mol. The normalized spacial score (nSPS) is 12.1. The van der Waals surface area contributed by atoms with Crippen LogP contribution in [0.5, 0.6) is 11.5 Å². The van der Waals surface area contributed by atoms with Crippen LogP contribution in [-0.2, 0) is 26.2 Å². The van der Waals surface area contributed by atoms with Crippen molar-refractivity contribution in [2.45, 2.75) is 39.8 Å². The molecule has 2 amide bonds. The second-order valence-corrected chi connectivity index (χ2v) is 12.2. The molecule has 0 saturated heterocycles. The van der Waals surface area contributed by atoms with E-state index in [1.807, 2.05) is 51.1 Å². The zero-order chi connectivity index (χ0) is 29.3. The van der Waals surface area contributed by atoms with Gasteiger partial charge in [0.1, 0.15) is 24.1 Å². The molecule has 0 aliphatic heterocycles. The van der Waals surface area contributed by atoms with E-state index in [4.69, 9.17) is 16.3 Å². The fourth-order valence-electron chi connectivity index (χ4n) is 4.05. The van der Waals surface area contributed by atoms with E-state index in [-0.39, 0.29) is 18.4 Å². The van der Waals surface area contributed by atoms with Gasteiger partial charge in [0.15, 0.2) is 0 Å². The van der Waals surface area contributed by atoms with E-state index in [1.165, 1.54) is 4.90 Å². The summed E-state index contributed by atoms with van der Waals surface area (Å²) < 4.78 is 32.5. The number of hydrogen-bond acceptors (Lipinski definition) is 5. The summed E-state index contributed by atoms with van der Waals surface area (Å²) in [6, 6.07) is 21.9. The Balaban J connectivity index is 1.88. The van der Waals surface area contributed by atoms with Crippen LogP contribution in [0.1, 0.15) is 32.8 Å². The minimum atomic E-state index is -3.84. The number of nitrogens with one attached hydrogen (secondary N) is 1. The predicted octanol–water partition coefficient (Wildman–Crippen LogP) is 5.48. The molecular weight excluding hydrogens is 550 g/mol. The Bertz CT molecular complexity index is 1360. The summed E-state index contributed by atoms with van der Waals surface area (Å²) >= 11 is 6.04. The molecule has 0 aliphatic carbocycles. The summed E-state index contributed by atoms with van der Waals surface area (Å²) in [5.74, 6) is 0.608. The smallest absolute Gasteiger partial charge is 0.244 e. The maximum Gasteiger partial charge on any atom is 0.244 e.